The Bertz CT molecular complexity index is 1070. The van der Waals surface area contributed by atoms with E-state index in [0.29, 0.717) is 6.54 Å². The summed E-state index contributed by atoms with van der Waals surface area (Å²) in [6.45, 7) is 2.71. The van der Waals surface area contributed by atoms with Crippen molar-refractivity contribution in [3.8, 4) is 11.5 Å². The van der Waals surface area contributed by atoms with Gasteiger partial charge in [-0.3, -0.25) is 4.79 Å². The summed E-state index contributed by atoms with van der Waals surface area (Å²) in [5, 5.41) is 3.17. The van der Waals surface area contributed by atoms with Crippen molar-refractivity contribution >= 4 is 11.6 Å². The molecule has 1 aromatic carbocycles. The van der Waals surface area contributed by atoms with Gasteiger partial charge in [-0.05, 0) is 49.1 Å². The van der Waals surface area contributed by atoms with Gasteiger partial charge in [0, 0.05) is 12.4 Å². The minimum absolute atomic E-state index is 0.0739. The maximum absolute atomic E-state index is 13.5. The number of rotatable bonds is 4. The van der Waals surface area contributed by atoms with Crippen LogP contribution in [0, 0.1) is 6.92 Å². The van der Waals surface area contributed by atoms with Crippen molar-refractivity contribution in [1.82, 2.24) is 14.7 Å². The molecule has 0 unspecified atom stereocenters. The van der Waals surface area contributed by atoms with E-state index in [4.69, 9.17) is 9.47 Å². The quantitative estimate of drug-likeness (QED) is 0.733. The molecule has 150 valence electrons. The molecular formula is C23H25N3O3. The van der Waals surface area contributed by atoms with Gasteiger partial charge >= 0.3 is 0 Å². The van der Waals surface area contributed by atoms with E-state index in [9.17, 15) is 4.79 Å². The number of amides is 1. The number of hydrogen-bond donors (Lipinski definition) is 1. The predicted molar refractivity (Wildman–Crippen MR) is 109 cm³/mol. The summed E-state index contributed by atoms with van der Waals surface area (Å²) in [6, 6.07) is 9.98. The van der Waals surface area contributed by atoms with E-state index in [1.54, 1.807) is 0 Å². The molecule has 29 heavy (non-hydrogen) atoms. The zero-order valence-corrected chi connectivity index (χ0v) is 16.6. The first kappa shape index (κ1) is 18.0. The van der Waals surface area contributed by atoms with Gasteiger partial charge in [-0.15, -0.1) is 0 Å². The lowest BCUT2D eigenvalue weighted by Gasteiger charge is -2.36. The number of aryl methyl sites for hydroxylation is 1. The molecule has 1 aliphatic carbocycles. The molecule has 1 aliphatic heterocycles. The summed E-state index contributed by atoms with van der Waals surface area (Å²) >= 11 is 0. The first-order chi connectivity index (χ1) is 14.2. The zero-order chi connectivity index (χ0) is 19.8. The van der Waals surface area contributed by atoms with Crippen molar-refractivity contribution in [2.45, 2.75) is 51.0 Å². The van der Waals surface area contributed by atoms with Crippen LogP contribution < -0.4 is 14.8 Å². The summed E-state index contributed by atoms with van der Waals surface area (Å²) in [6.07, 6.45) is 8.94. The highest BCUT2D eigenvalue weighted by Crippen LogP contribution is 2.43. The van der Waals surface area contributed by atoms with Crippen LogP contribution in [-0.2, 0) is 16.8 Å². The van der Waals surface area contributed by atoms with Crippen molar-refractivity contribution in [1.29, 1.82) is 0 Å². The molecule has 0 spiro atoms. The molecule has 1 amide bonds. The molecule has 3 aromatic rings. The molecule has 3 heterocycles. The average Bonchev–Trinajstić information content (AvgIpc) is 3.39. The zero-order valence-electron chi connectivity index (χ0n) is 16.6. The van der Waals surface area contributed by atoms with E-state index in [2.05, 4.69) is 10.3 Å². The first-order valence-electron chi connectivity index (χ1n) is 10.3. The fraction of sp³-hybridized carbons (Fsp3) is 0.391. The molecule has 6 nitrogen and oxygen atoms in total. The van der Waals surface area contributed by atoms with Crippen LogP contribution in [0.5, 0.6) is 11.5 Å². The monoisotopic (exact) mass is 391 g/mol. The second-order valence-electron chi connectivity index (χ2n) is 8.05. The number of fused-ring (bicyclic) bond motifs is 2. The molecule has 0 radical (unpaired) electrons. The second-order valence-corrected chi connectivity index (χ2v) is 8.05. The van der Waals surface area contributed by atoms with E-state index in [1.807, 2.05) is 54.0 Å². The molecule has 2 aromatic heterocycles. The molecule has 5 rings (SSSR count). The van der Waals surface area contributed by atoms with Crippen LogP contribution in [0.2, 0.25) is 0 Å². The van der Waals surface area contributed by atoms with Crippen LogP contribution >= 0.6 is 0 Å². The topological polar surface area (TPSA) is 64.9 Å². The van der Waals surface area contributed by atoms with Crippen LogP contribution in [0.25, 0.3) is 5.65 Å². The normalized spacial score (nSPS) is 17.4. The van der Waals surface area contributed by atoms with Crippen LogP contribution in [-0.4, -0.2) is 22.1 Å². The number of nitrogens with one attached hydrogen (secondary N) is 1. The van der Waals surface area contributed by atoms with Crippen molar-refractivity contribution < 1.29 is 14.3 Å². The molecule has 1 fully saturated rings. The summed E-state index contributed by atoms with van der Waals surface area (Å²) in [4.78, 5) is 18.1. The van der Waals surface area contributed by atoms with E-state index < -0.39 is 5.41 Å². The third-order valence-corrected chi connectivity index (χ3v) is 6.22. The number of carbonyl (C=O) groups is 1. The lowest BCUT2D eigenvalue weighted by Crippen LogP contribution is -2.45. The SMILES string of the molecule is Cc1cccn2cc(CNC(=O)C3(c4ccc5c(c4)OCO5)CCCCC3)nc12. The number of imidazole rings is 1. The fourth-order valence-electron chi connectivity index (χ4n) is 4.63. The number of aromatic nitrogens is 2. The molecule has 0 saturated heterocycles. The number of pyridine rings is 1. The van der Waals surface area contributed by atoms with Gasteiger partial charge in [0.25, 0.3) is 0 Å². The average molecular weight is 391 g/mol. The van der Waals surface area contributed by atoms with Crippen molar-refractivity contribution in [3.05, 3.63) is 59.5 Å². The predicted octanol–water partition coefficient (Wildman–Crippen LogP) is 3.89. The van der Waals surface area contributed by atoms with Gasteiger partial charge < -0.3 is 19.2 Å². The minimum Gasteiger partial charge on any atom is -0.454 e. The Morgan fingerprint density at radius 2 is 2.00 bits per heavy atom. The maximum Gasteiger partial charge on any atom is 0.231 e. The van der Waals surface area contributed by atoms with Crippen LogP contribution in [0.15, 0.2) is 42.7 Å². The van der Waals surface area contributed by atoms with Gasteiger partial charge in [0.05, 0.1) is 17.7 Å². The van der Waals surface area contributed by atoms with Gasteiger partial charge in [0.2, 0.25) is 12.7 Å². The largest absolute Gasteiger partial charge is 0.454 e. The standard InChI is InChI=1S/C23H25N3O3/c1-16-6-5-11-26-14-18(25-21(16)26)13-24-22(27)23(9-3-2-4-10-23)17-7-8-19-20(12-17)29-15-28-19/h5-8,11-12,14H,2-4,9-10,13,15H2,1H3,(H,24,27). The lowest BCUT2D eigenvalue weighted by molar-refractivity contribution is -0.128. The Kier molecular flexibility index (Phi) is 4.42. The molecule has 1 N–H and O–H groups in total. The number of hydrogen-bond acceptors (Lipinski definition) is 4. The van der Waals surface area contributed by atoms with Crippen LogP contribution in [0.4, 0.5) is 0 Å². The highest BCUT2D eigenvalue weighted by atomic mass is 16.7. The van der Waals surface area contributed by atoms with Crippen LogP contribution in [0.1, 0.15) is 48.9 Å². The number of ether oxygens (including phenoxy) is 2. The Morgan fingerprint density at radius 1 is 1.17 bits per heavy atom. The van der Waals surface area contributed by atoms with Gasteiger partial charge in [-0.25, -0.2) is 4.98 Å². The van der Waals surface area contributed by atoms with E-state index in [1.165, 1.54) is 6.42 Å². The highest BCUT2D eigenvalue weighted by Gasteiger charge is 2.41. The molecular weight excluding hydrogens is 366 g/mol. The Balaban J connectivity index is 1.40. The van der Waals surface area contributed by atoms with Crippen molar-refractivity contribution in [2.75, 3.05) is 6.79 Å². The molecule has 2 aliphatic rings. The third kappa shape index (κ3) is 3.12. The van der Waals surface area contributed by atoms with E-state index in [-0.39, 0.29) is 12.7 Å². The smallest absolute Gasteiger partial charge is 0.231 e. The lowest BCUT2D eigenvalue weighted by atomic mass is 9.68. The fourth-order valence-corrected chi connectivity index (χ4v) is 4.63. The minimum atomic E-state index is -0.520. The van der Waals surface area contributed by atoms with Gasteiger partial charge in [-0.2, -0.15) is 0 Å². The van der Waals surface area contributed by atoms with E-state index in [0.717, 1.165) is 59.7 Å². The maximum atomic E-state index is 13.5. The highest BCUT2D eigenvalue weighted by molar-refractivity contribution is 5.88. The van der Waals surface area contributed by atoms with Crippen molar-refractivity contribution in [2.24, 2.45) is 0 Å². The molecule has 0 atom stereocenters. The van der Waals surface area contributed by atoms with Crippen LogP contribution in [0.3, 0.4) is 0 Å². The van der Waals surface area contributed by atoms with Crippen molar-refractivity contribution in [3.63, 3.8) is 0 Å². The summed E-state index contributed by atoms with van der Waals surface area (Å²) < 4.78 is 13.0. The third-order valence-electron chi connectivity index (χ3n) is 6.22. The first-order valence-corrected chi connectivity index (χ1v) is 10.3. The van der Waals surface area contributed by atoms with Gasteiger partial charge in [0.1, 0.15) is 5.65 Å². The van der Waals surface area contributed by atoms with Gasteiger partial charge in [0.15, 0.2) is 11.5 Å². The Labute approximate surface area is 169 Å². The summed E-state index contributed by atoms with van der Waals surface area (Å²) in [7, 11) is 0. The molecule has 6 heteroatoms. The Morgan fingerprint density at radius 3 is 2.83 bits per heavy atom. The Hall–Kier alpha value is -3.02. The number of benzene rings is 1. The summed E-state index contributed by atoms with van der Waals surface area (Å²) in [5.41, 5.74) is 3.41. The number of nitrogens with zero attached hydrogens (tertiary/aromatic N) is 2. The second kappa shape index (κ2) is 7.10. The summed E-state index contributed by atoms with van der Waals surface area (Å²) in [5.74, 6) is 1.56. The van der Waals surface area contributed by atoms with Gasteiger partial charge in [-0.1, -0.05) is 31.4 Å². The molecule has 1 saturated carbocycles. The number of carbonyl (C=O) groups excluding carboxylic acids is 1. The van der Waals surface area contributed by atoms with E-state index >= 15 is 0 Å². The molecule has 0 bridgehead atoms.